The van der Waals surface area contributed by atoms with Crippen LogP contribution in [0.4, 0.5) is 0 Å². The number of hydrogen-bond acceptors (Lipinski definition) is 3. The second-order valence-corrected chi connectivity index (χ2v) is 17.4. The first-order chi connectivity index (χ1) is 35.0. The molecule has 5 heteroatoms. The van der Waals surface area contributed by atoms with Crippen LogP contribution in [0.25, 0.3) is 72.7 Å². The van der Waals surface area contributed by atoms with E-state index in [1.807, 2.05) is 84.0 Å². The van der Waals surface area contributed by atoms with E-state index in [4.69, 9.17) is 26.9 Å². The Morgan fingerprint density at radius 1 is 0.639 bits per heavy atom. The van der Waals surface area contributed by atoms with Crippen LogP contribution >= 0.6 is 0 Å². The molecule has 61 heavy (non-hydrogen) atoms. The van der Waals surface area contributed by atoms with E-state index in [1.54, 1.807) is 47.9 Å². The molecule has 1 N–H and O–H groups in total. The summed E-state index contributed by atoms with van der Waals surface area (Å²) < 4.78 is 137. The second-order valence-electron chi connectivity index (χ2n) is 17.4. The Kier molecular flexibility index (Phi) is 7.35. The van der Waals surface area contributed by atoms with Gasteiger partial charge in [-0.2, -0.15) is 0 Å². The molecule has 0 aliphatic heterocycles. The van der Waals surface area contributed by atoms with Crippen LogP contribution in [0.5, 0.6) is 5.75 Å². The van der Waals surface area contributed by atoms with E-state index < -0.39 is 78.9 Å². The van der Waals surface area contributed by atoms with Gasteiger partial charge in [-0.3, -0.25) is 9.55 Å². The van der Waals surface area contributed by atoms with Gasteiger partial charge in [-0.25, -0.2) is 4.98 Å². The number of phenolic OH excluding ortho intramolecular Hbond substituents is 1. The van der Waals surface area contributed by atoms with Gasteiger partial charge in [-0.05, 0) is 93.7 Å². The summed E-state index contributed by atoms with van der Waals surface area (Å²) in [5.41, 5.74) is 1.50. The van der Waals surface area contributed by atoms with E-state index in [0.717, 1.165) is 11.1 Å². The average Bonchev–Trinajstić information content (AvgIpc) is 3.69. The molecule has 312 valence electrons. The maximum atomic E-state index is 12.1. The molecule has 0 aliphatic rings. The minimum absolute atomic E-state index is 0. The number of imidazole rings is 1. The van der Waals surface area contributed by atoms with Crippen LogP contribution in [0.2, 0.25) is 0 Å². The molecule has 0 aliphatic carbocycles. The number of benzene rings is 6. The number of rotatable bonds is 6. The van der Waals surface area contributed by atoms with Gasteiger partial charge in [0.2, 0.25) is 0 Å². The van der Waals surface area contributed by atoms with E-state index in [9.17, 15) is 5.11 Å². The number of aromatic hydroxyl groups is 1. The minimum Gasteiger partial charge on any atom is -0.507 e. The molecule has 8 aromatic rings. The van der Waals surface area contributed by atoms with Crippen molar-refractivity contribution >= 4 is 11.0 Å². The summed E-state index contributed by atoms with van der Waals surface area (Å²) in [5.74, 6) is 0.179. The molecule has 8 rings (SSSR count). The van der Waals surface area contributed by atoms with Crippen LogP contribution in [0, 0.1) is 19.8 Å². The fourth-order valence-electron chi connectivity index (χ4n) is 7.41. The van der Waals surface area contributed by atoms with Gasteiger partial charge in [0.15, 0.2) is 0 Å². The Bertz CT molecular complexity index is 3520. The van der Waals surface area contributed by atoms with Gasteiger partial charge >= 0.3 is 0 Å². The fraction of sp³-hybridized carbons (Fsp3) is 0.250. The molecule has 0 spiro atoms. The Morgan fingerprint density at radius 3 is 2.02 bits per heavy atom. The molecule has 0 atom stereocenters. The number of pyridine rings is 1. The molecule has 0 fully saturated rings. The van der Waals surface area contributed by atoms with Crippen LogP contribution in [-0.2, 0) is 37.3 Å². The van der Waals surface area contributed by atoms with Crippen LogP contribution in [-0.4, -0.2) is 19.6 Å². The molecule has 4 nitrogen and oxygen atoms in total. The average molecular weight is 998 g/mol. The van der Waals surface area contributed by atoms with Crippen LogP contribution < -0.4 is 0 Å². The first-order valence-corrected chi connectivity index (χ1v) is 19.7. The quantitative estimate of drug-likeness (QED) is 0.169. The number of aryl methyl sites for hydroxylation is 1. The summed E-state index contributed by atoms with van der Waals surface area (Å²) in [5, 5.41) is 12.1. The van der Waals surface area contributed by atoms with E-state index in [0.29, 0.717) is 55.8 Å². The first kappa shape index (κ1) is 27.4. The predicted octanol–water partition coefficient (Wildman–Crippen LogP) is 14.8. The largest absolute Gasteiger partial charge is 0.507 e. The van der Waals surface area contributed by atoms with E-state index in [2.05, 4.69) is 11.1 Å². The van der Waals surface area contributed by atoms with Crippen molar-refractivity contribution in [3.05, 3.63) is 167 Å². The number of nitrogens with zero attached hydrogens (tertiary/aromatic N) is 3. The van der Waals surface area contributed by atoms with Crippen molar-refractivity contribution in [1.82, 2.24) is 14.5 Å². The monoisotopic (exact) mass is 998 g/mol. The Hall–Kier alpha value is -5.57. The topological polar surface area (TPSA) is 50.9 Å². The predicted molar refractivity (Wildman–Crippen MR) is 252 cm³/mol. The van der Waals surface area contributed by atoms with Gasteiger partial charge in [0, 0.05) is 55.0 Å². The van der Waals surface area contributed by atoms with Crippen molar-refractivity contribution in [3.8, 4) is 67.5 Å². The first-order valence-electron chi connectivity index (χ1n) is 27.7. The van der Waals surface area contributed by atoms with Crippen LogP contribution in [0.15, 0.2) is 133 Å². The molecule has 6 aromatic carbocycles. The number of hydrogen-bond donors (Lipinski definition) is 1. The molecule has 0 unspecified atom stereocenters. The van der Waals surface area contributed by atoms with Crippen molar-refractivity contribution in [3.63, 3.8) is 0 Å². The third kappa shape index (κ3) is 8.66. The van der Waals surface area contributed by atoms with Crippen LogP contribution in [0.3, 0.4) is 0 Å². The fourth-order valence-corrected chi connectivity index (χ4v) is 7.41. The normalized spacial score (nSPS) is 16.8. The Balaban J connectivity index is 0.00000861. The van der Waals surface area contributed by atoms with E-state index >= 15 is 0 Å². The van der Waals surface area contributed by atoms with Gasteiger partial charge in [0.25, 0.3) is 0 Å². The number of fused-ring (bicyclic) bond motifs is 1. The third-order valence-corrected chi connectivity index (χ3v) is 10.8. The van der Waals surface area contributed by atoms with Gasteiger partial charge in [-0.1, -0.05) is 164 Å². The molecule has 2 aromatic heterocycles. The maximum absolute atomic E-state index is 12.1. The van der Waals surface area contributed by atoms with E-state index in [-0.39, 0.29) is 49.3 Å². The third-order valence-electron chi connectivity index (χ3n) is 10.8. The van der Waals surface area contributed by atoms with Crippen molar-refractivity contribution < 1.29 is 48.1 Å². The minimum atomic E-state index is -3.54. The summed E-state index contributed by atoms with van der Waals surface area (Å²) in [7, 11) is 0. The molecule has 0 saturated heterocycles. The summed E-state index contributed by atoms with van der Waals surface area (Å²) in [6.45, 7) is 0.497. The van der Waals surface area contributed by atoms with Crippen molar-refractivity contribution in [1.29, 1.82) is 0 Å². The Morgan fingerprint density at radius 2 is 1.33 bits per heavy atom. The van der Waals surface area contributed by atoms with Gasteiger partial charge in [0.1, 0.15) is 11.6 Å². The van der Waals surface area contributed by atoms with Crippen molar-refractivity contribution in [2.45, 2.75) is 92.1 Å². The zero-order valence-corrected chi connectivity index (χ0v) is 37.3. The SMILES string of the molecule is [2H]c1c([2H])c(C([2H])([2H])[2H])c([2H])c([2H])c1-c1ccnc(-c2[c-]c(-c3cccc4c3nc(-c3cc(C(C)(C)C)cc(C)c3O)n4-c3ccc(C(C([2H])([2H])[2H])(C([2H])([2H])[2H])C([2H])([2H])[2H])cc3-c3ccccc3)cc(C(C)(C)C)c2)c1.[Pt]. The van der Waals surface area contributed by atoms with E-state index in [1.165, 1.54) is 30.5 Å². The molecule has 0 bridgehead atoms. The maximum Gasteiger partial charge on any atom is 0.148 e. The molecular weight excluding hydrogens is 926 g/mol. The molecule has 2 heterocycles. The van der Waals surface area contributed by atoms with Crippen molar-refractivity contribution in [2.24, 2.45) is 0 Å². The summed E-state index contributed by atoms with van der Waals surface area (Å²) in [4.78, 5) is 10.1. The Labute approximate surface area is 399 Å². The van der Waals surface area contributed by atoms with Gasteiger partial charge in [-0.15, -0.1) is 29.3 Å². The van der Waals surface area contributed by atoms with Crippen molar-refractivity contribution in [2.75, 3.05) is 0 Å². The number of para-hydroxylation sites is 1. The standard InChI is InChI=1S/C56H56N3O.Pt/c1-35-20-22-37(23-21-35)39-26-27-57-48(32-39)41-29-40(30-44(31-41)56(9,10)11)45-18-15-19-50-51(45)58-53(47-34-43(55(6,7)8)28-36(2)52(47)60)59(50)49-25-24-42(54(3,4)5)33-46(49)38-16-13-12-14-17-38;/h12-28,30-34,60H,1-11H3;/q-1;/i1D3,3D3,4D3,5D3,20D,21D,22D,23D;. The van der Waals surface area contributed by atoms with Gasteiger partial charge < -0.3 is 5.11 Å². The zero-order chi connectivity index (χ0) is 56.2. The summed E-state index contributed by atoms with van der Waals surface area (Å²) in [6, 6.07) is 30.3. The zero-order valence-electron chi connectivity index (χ0n) is 51.0. The molecule has 0 saturated carbocycles. The van der Waals surface area contributed by atoms with Crippen LogP contribution in [0.1, 0.15) is 112 Å². The molecular formula is C56H56N3OPt-. The molecule has 0 radical (unpaired) electrons. The summed E-state index contributed by atoms with van der Waals surface area (Å²) >= 11 is 0. The molecule has 0 amide bonds. The smallest absolute Gasteiger partial charge is 0.148 e. The number of phenols is 1. The second kappa shape index (κ2) is 16.4. The van der Waals surface area contributed by atoms with Gasteiger partial charge in [0.05, 0.1) is 27.8 Å². The number of aromatic nitrogens is 3. The summed E-state index contributed by atoms with van der Waals surface area (Å²) in [6.07, 6.45) is 1.47.